The van der Waals surface area contributed by atoms with Crippen molar-refractivity contribution in [2.24, 2.45) is 5.92 Å². The van der Waals surface area contributed by atoms with E-state index in [1.54, 1.807) is 6.26 Å². The summed E-state index contributed by atoms with van der Waals surface area (Å²) < 4.78 is 4.90. The maximum absolute atomic E-state index is 8.33. The van der Waals surface area contributed by atoms with Gasteiger partial charge in [0, 0.05) is 5.25 Å². The van der Waals surface area contributed by atoms with Crippen molar-refractivity contribution in [3.63, 3.8) is 0 Å². The Hall–Kier alpha value is 1.05. The van der Waals surface area contributed by atoms with E-state index < -0.39 is 0 Å². The SMILES string of the molecule is CS.OPOCC1CCCC1.SC1CCCC1. The predicted octanol–water partition coefficient (Wildman–Crippen LogP) is 4.10. The van der Waals surface area contributed by atoms with Crippen molar-refractivity contribution in [2.75, 3.05) is 12.9 Å². The first-order valence-electron chi connectivity index (χ1n) is 6.46. The molecule has 0 aromatic heterocycles. The second-order valence-corrected chi connectivity index (χ2v) is 5.69. The molecule has 2 aliphatic carbocycles. The molecule has 0 amide bonds. The highest BCUT2D eigenvalue weighted by Crippen LogP contribution is 2.26. The van der Waals surface area contributed by atoms with Gasteiger partial charge >= 0.3 is 0 Å². The smallest absolute Gasteiger partial charge is 0.152 e. The molecule has 0 saturated heterocycles. The molecular weight excluding hydrogens is 271 g/mol. The predicted molar refractivity (Wildman–Crippen MR) is 84.6 cm³/mol. The topological polar surface area (TPSA) is 29.5 Å². The first kappa shape index (κ1) is 18.0. The fraction of sp³-hybridized carbons (Fsp3) is 1.00. The average molecular weight is 298 g/mol. The molecule has 1 N–H and O–H groups in total. The quantitative estimate of drug-likeness (QED) is 0.541. The Labute approximate surface area is 119 Å². The third-order valence-electron chi connectivity index (χ3n) is 3.18. The van der Waals surface area contributed by atoms with Crippen molar-refractivity contribution in [1.29, 1.82) is 0 Å². The number of hydrogen-bond acceptors (Lipinski definition) is 4. The van der Waals surface area contributed by atoms with Crippen LogP contribution in [0.15, 0.2) is 0 Å². The molecule has 0 radical (unpaired) electrons. The van der Waals surface area contributed by atoms with Gasteiger partial charge in [0.15, 0.2) is 9.03 Å². The lowest BCUT2D eigenvalue weighted by Gasteiger charge is -2.05. The Kier molecular flexibility index (Phi) is 14.3. The van der Waals surface area contributed by atoms with Crippen LogP contribution in [0.1, 0.15) is 51.4 Å². The van der Waals surface area contributed by atoms with Crippen LogP contribution < -0.4 is 0 Å². The molecule has 0 aliphatic heterocycles. The van der Waals surface area contributed by atoms with E-state index in [1.165, 1.54) is 51.4 Å². The van der Waals surface area contributed by atoms with E-state index in [0.29, 0.717) is 0 Å². The molecule has 2 rings (SSSR count). The van der Waals surface area contributed by atoms with Crippen molar-refractivity contribution in [3.05, 3.63) is 0 Å². The summed E-state index contributed by atoms with van der Waals surface area (Å²) >= 11 is 7.82. The lowest BCUT2D eigenvalue weighted by atomic mass is 10.1. The lowest BCUT2D eigenvalue weighted by molar-refractivity contribution is 0.261. The van der Waals surface area contributed by atoms with Gasteiger partial charge in [0.1, 0.15) is 0 Å². The molecule has 2 aliphatic rings. The highest BCUT2D eigenvalue weighted by atomic mass is 32.1. The maximum Gasteiger partial charge on any atom is 0.152 e. The summed E-state index contributed by atoms with van der Waals surface area (Å²) in [6, 6.07) is 0. The van der Waals surface area contributed by atoms with Crippen LogP contribution in [0.2, 0.25) is 0 Å². The maximum atomic E-state index is 8.33. The molecular formula is C12H27O2PS2. The minimum absolute atomic E-state index is 0.316. The molecule has 0 heterocycles. The van der Waals surface area contributed by atoms with E-state index in [4.69, 9.17) is 9.42 Å². The molecule has 0 aromatic carbocycles. The second kappa shape index (κ2) is 13.5. The summed E-state index contributed by atoms with van der Waals surface area (Å²) in [5.41, 5.74) is 0. The summed E-state index contributed by atoms with van der Waals surface area (Å²) in [5.74, 6) is 0.740. The van der Waals surface area contributed by atoms with Crippen LogP contribution in [-0.4, -0.2) is 23.0 Å². The van der Waals surface area contributed by atoms with Gasteiger partial charge < -0.3 is 9.42 Å². The number of rotatable bonds is 3. The van der Waals surface area contributed by atoms with E-state index in [9.17, 15) is 0 Å². The Bertz CT molecular complexity index is 149. The van der Waals surface area contributed by atoms with Crippen LogP contribution in [0.5, 0.6) is 0 Å². The van der Waals surface area contributed by atoms with Crippen LogP contribution in [0, 0.1) is 5.92 Å². The van der Waals surface area contributed by atoms with Gasteiger partial charge in [-0.15, -0.1) is 0 Å². The van der Waals surface area contributed by atoms with E-state index in [-0.39, 0.29) is 9.03 Å². The van der Waals surface area contributed by atoms with Crippen LogP contribution in [-0.2, 0) is 4.52 Å². The zero-order valence-electron chi connectivity index (χ0n) is 10.8. The number of thiol groups is 2. The van der Waals surface area contributed by atoms with Gasteiger partial charge in [-0.05, 0) is 37.9 Å². The normalized spacial score (nSPS) is 21.2. The molecule has 5 heteroatoms. The Balaban J connectivity index is 0.000000278. The fourth-order valence-electron chi connectivity index (χ4n) is 2.24. The minimum atomic E-state index is -0.316. The molecule has 104 valence electrons. The van der Waals surface area contributed by atoms with Gasteiger partial charge in [0.25, 0.3) is 0 Å². The Morgan fingerprint density at radius 2 is 1.53 bits per heavy atom. The Morgan fingerprint density at radius 3 is 1.88 bits per heavy atom. The first-order valence-corrected chi connectivity index (χ1v) is 8.73. The van der Waals surface area contributed by atoms with Crippen molar-refractivity contribution in [2.45, 2.75) is 56.6 Å². The fourth-order valence-corrected chi connectivity index (χ4v) is 2.91. The summed E-state index contributed by atoms with van der Waals surface area (Å²) in [6.07, 6.45) is 12.5. The summed E-state index contributed by atoms with van der Waals surface area (Å²) in [6.45, 7) is 0.773. The van der Waals surface area contributed by atoms with Gasteiger partial charge in [-0.2, -0.15) is 25.3 Å². The van der Waals surface area contributed by atoms with E-state index >= 15 is 0 Å². The van der Waals surface area contributed by atoms with Gasteiger partial charge in [0.2, 0.25) is 0 Å². The third kappa shape index (κ3) is 10.6. The standard InChI is InChI=1S/C6H13O2P.C5H10S.CH4S/c7-9-8-5-6-3-1-2-4-6;6-5-3-1-2-4-5;1-2/h6-7,9H,1-5H2;5-6H,1-4H2;2H,1H3. The van der Waals surface area contributed by atoms with Crippen molar-refractivity contribution in [1.82, 2.24) is 0 Å². The van der Waals surface area contributed by atoms with Crippen LogP contribution in [0.3, 0.4) is 0 Å². The molecule has 0 aromatic rings. The van der Waals surface area contributed by atoms with Crippen molar-refractivity contribution >= 4 is 34.3 Å². The molecule has 17 heavy (non-hydrogen) atoms. The van der Waals surface area contributed by atoms with Crippen LogP contribution in [0.25, 0.3) is 0 Å². The highest BCUT2D eigenvalue weighted by molar-refractivity contribution is 7.81. The average Bonchev–Trinajstić information content (AvgIpc) is 3.03. The second-order valence-electron chi connectivity index (χ2n) is 4.49. The highest BCUT2D eigenvalue weighted by Gasteiger charge is 2.14. The summed E-state index contributed by atoms with van der Waals surface area (Å²) in [5, 5.41) is 0.741. The van der Waals surface area contributed by atoms with E-state index in [0.717, 1.165) is 17.8 Å². The van der Waals surface area contributed by atoms with Gasteiger partial charge in [0.05, 0.1) is 6.61 Å². The molecule has 1 atom stereocenters. The van der Waals surface area contributed by atoms with E-state index in [1.807, 2.05) is 0 Å². The lowest BCUT2D eigenvalue weighted by Crippen LogP contribution is -1.99. The largest absolute Gasteiger partial charge is 0.352 e. The minimum Gasteiger partial charge on any atom is -0.352 e. The molecule has 2 fully saturated rings. The molecule has 0 bridgehead atoms. The van der Waals surface area contributed by atoms with Gasteiger partial charge in [-0.25, -0.2) is 0 Å². The van der Waals surface area contributed by atoms with Crippen LogP contribution >= 0.6 is 34.3 Å². The zero-order valence-corrected chi connectivity index (χ0v) is 13.6. The molecule has 2 saturated carbocycles. The molecule has 2 nitrogen and oxygen atoms in total. The molecule has 0 spiro atoms. The van der Waals surface area contributed by atoms with Crippen LogP contribution in [0.4, 0.5) is 0 Å². The number of hydrogen-bond donors (Lipinski definition) is 3. The van der Waals surface area contributed by atoms with Gasteiger partial charge in [-0.1, -0.05) is 25.7 Å². The zero-order chi connectivity index (χ0) is 12.9. The van der Waals surface area contributed by atoms with Crippen molar-refractivity contribution < 1.29 is 9.42 Å². The first-order chi connectivity index (χ1) is 8.33. The monoisotopic (exact) mass is 298 g/mol. The summed E-state index contributed by atoms with van der Waals surface area (Å²) in [4.78, 5) is 8.33. The van der Waals surface area contributed by atoms with Gasteiger partial charge in [-0.3, -0.25) is 0 Å². The molecule has 1 unspecified atom stereocenters. The van der Waals surface area contributed by atoms with E-state index in [2.05, 4.69) is 25.3 Å². The summed E-state index contributed by atoms with van der Waals surface area (Å²) in [7, 11) is -0.316. The third-order valence-corrected chi connectivity index (χ3v) is 4.00. The Morgan fingerprint density at radius 1 is 1.06 bits per heavy atom. The van der Waals surface area contributed by atoms with Crippen molar-refractivity contribution in [3.8, 4) is 0 Å².